The number of rotatable bonds is 1. The van der Waals surface area contributed by atoms with Crippen LogP contribution in [0.15, 0.2) is 30.3 Å². The van der Waals surface area contributed by atoms with Crippen LogP contribution in [-0.4, -0.2) is 10.2 Å². The van der Waals surface area contributed by atoms with Crippen molar-refractivity contribution >= 4 is 11.6 Å². The van der Waals surface area contributed by atoms with E-state index in [0.717, 1.165) is 22.5 Å². The summed E-state index contributed by atoms with van der Waals surface area (Å²) < 4.78 is 0. The standard InChI is InChI=1S/C12H11ClN2/c1-8-11(10-6-4-3-5-7-10)12(13)9(2)15-14-8/h3-7H,1-2H3. The van der Waals surface area contributed by atoms with Crippen molar-refractivity contribution in [3.05, 3.63) is 46.7 Å². The molecule has 0 amide bonds. The van der Waals surface area contributed by atoms with Gasteiger partial charge in [-0.15, -0.1) is 0 Å². The normalized spacial score (nSPS) is 10.3. The molecular weight excluding hydrogens is 208 g/mol. The molecule has 0 aliphatic rings. The lowest BCUT2D eigenvalue weighted by Gasteiger charge is -2.08. The van der Waals surface area contributed by atoms with E-state index in [1.165, 1.54) is 0 Å². The highest BCUT2D eigenvalue weighted by Crippen LogP contribution is 2.30. The van der Waals surface area contributed by atoms with Gasteiger partial charge in [0.25, 0.3) is 0 Å². The zero-order valence-corrected chi connectivity index (χ0v) is 9.42. The molecule has 0 fully saturated rings. The minimum atomic E-state index is 0.689. The second-order valence-corrected chi connectivity index (χ2v) is 3.80. The number of aromatic nitrogens is 2. The summed E-state index contributed by atoms with van der Waals surface area (Å²) in [5, 5.41) is 8.75. The van der Waals surface area contributed by atoms with Gasteiger partial charge in [0.2, 0.25) is 0 Å². The van der Waals surface area contributed by atoms with Gasteiger partial charge in [0.15, 0.2) is 0 Å². The van der Waals surface area contributed by atoms with Crippen molar-refractivity contribution in [2.45, 2.75) is 13.8 Å². The van der Waals surface area contributed by atoms with Crippen LogP contribution >= 0.6 is 11.6 Å². The van der Waals surface area contributed by atoms with Gasteiger partial charge in [-0.1, -0.05) is 41.9 Å². The summed E-state index contributed by atoms with van der Waals surface area (Å²) in [6, 6.07) is 10.0. The molecule has 0 radical (unpaired) electrons. The van der Waals surface area contributed by atoms with Crippen LogP contribution in [0.1, 0.15) is 11.4 Å². The van der Waals surface area contributed by atoms with E-state index in [2.05, 4.69) is 10.2 Å². The molecule has 2 rings (SSSR count). The average Bonchev–Trinajstić information content (AvgIpc) is 2.26. The molecule has 15 heavy (non-hydrogen) atoms. The fourth-order valence-corrected chi connectivity index (χ4v) is 1.81. The zero-order valence-electron chi connectivity index (χ0n) is 8.66. The first-order chi connectivity index (χ1) is 7.20. The fraction of sp³-hybridized carbons (Fsp3) is 0.167. The molecule has 0 saturated carbocycles. The van der Waals surface area contributed by atoms with Crippen molar-refractivity contribution in [2.75, 3.05) is 0 Å². The summed E-state index contributed by atoms with van der Waals surface area (Å²) in [4.78, 5) is 0. The lowest BCUT2D eigenvalue weighted by molar-refractivity contribution is 0.944. The number of hydrogen-bond donors (Lipinski definition) is 0. The van der Waals surface area contributed by atoms with Crippen molar-refractivity contribution < 1.29 is 0 Å². The maximum atomic E-state index is 6.23. The molecule has 1 aromatic carbocycles. The highest BCUT2D eigenvalue weighted by Gasteiger charge is 2.10. The van der Waals surface area contributed by atoms with Gasteiger partial charge < -0.3 is 0 Å². The van der Waals surface area contributed by atoms with Gasteiger partial charge in [0.05, 0.1) is 16.4 Å². The quantitative estimate of drug-likeness (QED) is 0.733. The van der Waals surface area contributed by atoms with Gasteiger partial charge in [-0.2, -0.15) is 10.2 Å². The van der Waals surface area contributed by atoms with Gasteiger partial charge in [-0.25, -0.2) is 0 Å². The lowest BCUT2D eigenvalue weighted by Crippen LogP contribution is -1.96. The highest BCUT2D eigenvalue weighted by atomic mass is 35.5. The van der Waals surface area contributed by atoms with Crippen LogP contribution in [-0.2, 0) is 0 Å². The molecule has 0 bridgehead atoms. The van der Waals surface area contributed by atoms with Crippen LogP contribution in [0.5, 0.6) is 0 Å². The molecule has 2 nitrogen and oxygen atoms in total. The Morgan fingerprint density at radius 3 is 2.20 bits per heavy atom. The maximum Gasteiger partial charge on any atom is 0.0792 e. The molecule has 0 N–H and O–H groups in total. The predicted octanol–water partition coefficient (Wildman–Crippen LogP) is 3.41. The third kappa shape index (κ3) is 1.85. The molecular formula is C12H11ClN2. The van der Waals surface area contributed by atoms with Gasteiger partial charge in [-0.3, -0.25) is 0 Å². The molecule has 76 valence electrons. The van der Waals surface area contributed by atoms with Crippen LogP contribution < -0.4 is 0 Å². The Bertz CT molecular complexity index is 480. The first-order valence-electron chi connectivity index (χ1n) is 4.75. The van der Waals surface area contributed by atoms with E-state index in [1.807, 2.05) is 44.2 Å². The average molecular weight is 219 g/mol. The van der Waals surface area contributed by atoms with E-state index in [9.17, 15) is 0 Å². The Balaban J connectivity index is 2.68. The second kappa shape index (κ2) is 3.99. The number of benzene rings is 1. The fourth-order valence-electron chi connectivity index (χ4n) is 1.52. The van der Waals surface area contributed by atoms with Gasteiger partial charge in [0, 0.05) is 5.56 Å². The first-order valence-corrected chi connectivity index (χ1v) is 5.12. The van der Waals surface area contributed by atoms with Crippen molar-refractivity contribution in [1.29, 1.82) is 0 Å². The van der Waals surface area contributed by atoms with E-state index >= 15 is 0 Å². The summed E-state index contributed by atoms with van der Waals surface area (Å²) in [5.74, 6) is 0. The Morgan fingerprint density at radius 2 is 1.53 bits per heavy atom. The van der Waals surface area contributed by atoms with Crippen molar-refractivity contribution in [2.24, 2.45) is 0 Å². The Labute approximate surface area is 93.9 Å². The summed E-state index contributed by atoms with van der Waals surface area (Å²) in [5.41, 5.74) is 3.68. The minimum Gasteiger partial charge on any atom is -0.155 e. The van der Waals surface area contributed by atoms with E-state index in [-0.39, 0.29) is 0 Å². The Hall–Kier alpha value is -1.41. The number of hydrogen-bond acceptors (Lipinski definition) is 2. The molecule has 0 spiro atoms. The van der Waals surface area contributed by atoms with Gasteiger partial charge in [0.1, 0.15) is 0 Å². The number of aryl methyl sites for hydroxylation is 2. The van der Waals surface area contributed by atoms with Crippen LogP contribution in [0, 0.1) is 13.8 Å². The van der Waals surface area contributed by atoms with Crippen LogP contribution in [0.25, 0.3) is 11.1 Å². The number of halogens is 1. The van der Waals surface area contributed by atoms with E-state index in [0.29, 0.717) is 5.02 Å². The van der Waals surface area contributed by atoms with E-state index < -0.39 is 0 Å². The largest absolute Gasteiger partial charge is 0.155 e. The Morgan fingerprint density at radius 1 is 0.933 bits per heavy atom. The topological polar surface area (TPSA) is 25.8 Å². The molecule has 1 heterocycles. The molecule has 3 heteroatoms. The predicted molar refractivity (Wildman–Crippen MR) is 62.0 cm³/mol. The van der Waals surface area contributed by atoms with E-state index in [4.69, 9.17) is 11.6 Å². The molecule has 1 aromatic heterocycles. The van der Waals surface area contributed by atoms with Crippen molar-refractivity contribution in [3.8, 4) is 11.1 Å². The molecule has 0 saturated heterocycles. The molecule has 0 aliphatic carbocycles. The first kappa shape index (κ1) is 10.1. The minimum absolute atomic E-state index is 0.689. The Kier molecular flexibility index (Phi) is 2.69. The molecule has 0 aliphatic heterocycles. The monoisotopic (exact) mass is 218 g/mol. The number of nitrogens with zero attached hydrogens (tertiary/aromatic N) is 2. The summed E-state index contributed by atoms with van der Waals surface area (Å²) in [6.07, 6.45) is 0. The van der Waals surface area contributed by atoms with Crippen LogP contribution in [0.2, 0.25) is 5.02 Å². The maximum absolute atomic E-state index is 6.23. The van der Waals surface area contributed by atoms with Crippen LogP contribution in [0.4, 0.5) is 0 Å². The SMILES string of the molecule is Cc1nnc(C)c(-c2ccccc2)c1Cl. The second-order valence-electron chi connectivity index (χ2n) is 3.43. The highest BCUT2D eigenvalue weighted by molar-refractivity contribution is 6.34. The summed E-state index contributed by atoms with van der Waals surface area (Å²) in [7, 11) is 0. The third-order valence-electron chi connectivity index (χ3n) is 2.31. The molecule has 0 unspecified atom stereocenters. The molecule has 2 aromatic rings. The van der Waals surface area contributed by atoms with Crippen molar-refractivity contribution in [1.82, 2.24) is 10.2 Å². The van der Waals surface area contributed by atoms with E-state index in [1.54, 1.807) is 0 Å². The van der Waals surface area contributed by atoms with Gasteiger partial charge in [-0.05, 0) is 19.4 Å². The zero-order chi connectivity index (χ0) is 10.8. The molecule has 0 atom stereocenters. The smallest absolute Gasteiger partial charge is 0.0792 e. The van der Waals surface area contributed by atoms with Gasteiger partial charge >= 0.3 is 0 Å². The summed E-state index contributed by atoms with van der Waals surface area (Å²) in [6.45, 7) is 3.78. The third-order valence-corrected chi connectivity index (χ3v) is 2.77. The lowest BCUT2D eigenvalue weighted by atomic mass is 10.0. The van der Waals surface area contributed by atoms with Crippen LogP contribution in [0.3, 0.4) is 0 Å². The van der Waals surface area contributed by atoms with Crippen molar-refractivity contribution in [3.63, 3.8) is 0 Å². The summed E-state index contributed by atoms with van der Waals surface area (Å²) >= 11 is 6.23.